The number of hydrogen-bond acceptors (Lipinski definition) is 4. The molecule has 1 amide bonds. The van der Waals surface area contributed by atoms with E-state index >= 15 is 0 Å². The number of rotatable bonds is 8. The van der Waals surface area contributed by atoms with Crippen LogP contribution in [0.25, 0.3) is 0 Å². The molecule has 0 saturated heterocycles. The van der Waals surface area contributed by atoms with Gasteiger partial charge in [0, 0.05) is 38.8 Å². The van der Waals surface area contributed by atoms with Gasteiger partial charge in [-0.25, -0.2) is 0 Å². The van der Waals surface area contributed by atoms with Crippen LogP contribution < -0.4 is 16.0 Å². The number of aliphatic imine (C=N–C) groups is 1. The van der Waals surface area contributed by atoms with Crippen LogP contribution in [0.4, 0.5) is 0 Å². The SMILES string of the molecule is CN=C(NCc1ccsc1)NCc1cccc(C(=O)NCCN(C)C)c1.I. The van der Waals surface area contributed by atoms with Crippen LogP contribution in [0.15, 0.2) is 46.1 Å². The maximum atomic E-state index is 12.2. The summed E-state index contributed by atoms with van der Waals surface area (Å²) >= 11 is 1.68. The van der Waals surface area contributed by atoms with Crippen LogP contribution in [0.3, 0.4) is 0 Å². The molecular formula is C19H28IN5OS. The lowest BCUT2D eigenvalue weighted by Gasteiger charge is -2.13. The highest BCUT2D eigenvalue weighted by Crippen LogP contribution is 2.06. The number of thiophene rings is 1. The number of halogens is 1. The first-order valence-electron chi connectivity index (χ1n) is 8.56. The smallest absolute Gasteiger partial charge is 0.251 e. The number of benzene rings is 1. The highest BCUT2D eigenvalue weighted by molar-refractivity contribution is 14.0. The average Bonchev–Trinajstić information content (AvgIpc) is 3.15. The van der Waals surface area contributed by atoms with Gasteiger partial charge >= 0.3 is 0 Å². The number of amides is 1. The van der Waals surface area contributed by atoms with Gasteiger partial charge in [-0.05, 0) is 54.2 Å². The summed E-state index contributed by atoms with van der Waals surface area (Å²) in [5.74, 6) is 0.686. The molecule has 0 aliphatic carbocycles. The molecule has 1 aromatic heterocycles. The molecule has 3 N–H and O–H groups in total. The zero-order chi connectivity index (χ0) is 18.8. The van der Waals surface area contributed by atoms with Crippen molar-refractivity contribution < 1.29 is 4.79 Å². The molecule has 2 aromatic rings. The summed E-state index contributed by atoms with van der Waals surface area (Å²) in [6, 6.07) is 9.72. The van der Waals surface area contributed by atoms with E-state index in [1.54, 1.807) is 18.4 Å². The van der Waals surface area contributed by atoms with Crippen LogP contribution in [-0.2, 0) is 13.1 Å². The molecule has 0 bridgehead atoms. The fraction of sp³-hybridized carbons (Fsp3) is 0.368. The Morgan fingerprint density at radius 2 is 1.85 bits per heavy atom. The van der Waals surface area contributed by atoms with Crippen molar-refractivity contribution in [2.45, 2.75) is 13.1 Å². The van der Waals surface area contributed by atoms with Gasteiger partial charge in [0.15, 0.2) is 5.96 Å². The first kappa shape index (κ1) is 23.4. The van der Waals surface area contributed by atoms with Crippen molar-refractivity contribution >= 4 is 47.2 Å². The topological polar surface area (TPSA) is 68.8 Å². The molecule has 0 fully saturated rings. The third kappa shape index (κ3) is 8.72. The van der Waals surface area contributed by atoms with Crippen LogP contribution in [0.2, 0.25) is 0 Å². The molecule has 0 saturated carbocycles. The number of likely N-dealkylation sites (N-methyl/N-ethyl adjacent to an activating group) is 1. The Morgan fingerprint density at radius 3 is 2.48 bits per heavy atom. The first-order chi connectivity index (χ1) is 12.6. The van der Waals surface area contributed by atoms with E-state index < -0.39 is 0 Å². The van der Waals surface area contributed by atoms with Gasteiger partial charge in [0.25, 0.3) is 5.91 Å². The fourth-order valence-corrected chi connectivity index (χ4v) is 2.97. The van der Waals surface area contributed by atoms with E-state index in [9.17, 15) is 4.79 Å². The molecule has 27 heavy (non-hydrogen) atoms. The van der Waals surface area contributed by atoms with Crippen LogP contribution in [-0.4, -0.2) is 51.0 Å². The molecule has 148 valence electrons. The molecule has 2 rings (SSSR count). The lowest BCUT2D eigenvalue weighted by Crippen LogP contribution is -2.36. The third-order valence-corrected chi connectivity index (χ3v) is 4.49. The van der Waals surface area contributed by atoms with Gasteiger partial charge < -0.3 is 20.9 Å². The summed E-state index contributed by atoms with van der Waals surface area (Å²) in [7, 11) is 5.72. The van der Waals surface area contributed by atoms with Crippen LogP contribution in [0, 0.1) is 0 Å². The fourth-order valence-electron chi connectivity index (χ4n) is 2.30. The Bertz CT molecular complexity index is 719. The second-order valence-electron chi connectivity index (χ2n) is 6.17. The summed E-state index contributed by atoms with van der Waals surface area (Å²) in [5, 5.41) is 13.7. The molecule has 0 unspecified atom stereocenters. The maximum Gasteiger partial charge on any atom is 0.251 e. The van der Waals surface area contributed by atoms with Gasteiger partial charge in [0.2, 0.25) is 0 Å². The molecule has 8 heteroatoms. The molecule has 0 spiro atoms. The van der Waals surface area contributed by atoms with Crippen molar-refractivity contribution in [1.29, 1.82) is 0 Å². The minimum absolute atomic E-state index is 0. The summed E-state index contributed by atoms with van der Waals surface area (Å²) in [6.07, 6.45) is 0. The zero-order valence-corrected chi connectivity index (χ0v) is 19.1. The van der Waals surface area contributed by atoms with E-state index in [1.165, 1.54) is 5.56 Å². The number of guanidine groups is 1. The van der Waals surface area contributed by atoms with E-state index in [4.69, 9.17) is 0 Å². The van der Waals surface area contributed by atoms with Crippen molar-refractivity contribution in [1.82, 2.24) is 20.9 Å². The van der Waals surface area contributed by atoms with Crippen molar-refractivity contribution in [3.05, 3.63) is 57.8 Å². The van der Waals surface area contributed by atoms with Gasteiger partial charge in [-0.1, -0.05) is 12.1 Å². The highest BCUT2D eigenvalue weighted by Gasteiger charge is 2.06. The number of carbonyl (C=O) groups excluding carboxylic acids is 1. The zero-order valence-electron chi connectivity index (χ0n) is 16.0. The van der Waals surface area contributed by atoms with E-state index in [0.29, 0.717) is 18.7 Å². The maximum absolute atomic E-state index is 12.2. The minimum Gasteiger partial charge on any atom is -0.352 e. The molecule has 0 aliphatic rings. The van der Waals surface area contributed by atoms with Crippen molar-refractivity contribution in [2.24, 2.45) is 4.99 Å². The predicted molar refractivity (Wildman–Crippen MR) is 124 cm³/mol. The minimum atomic E-state index is -0.0475. The van der Waals surface area contributed by atoms with Gasteiger partial charge in [-0.3, -0.25) is 9.79 Å². The van der Waals surface area contributed by atoms with E-state index in [-0.39, 0.29) is 29.9 Å². The van der Waals surface area contributed by atoms with Crippen LogP contribution in [0.5, 0.6) is 0 Å². The summed E-state index contributed by atoms with van der Waals surface area (Å²) in [4.78, 5) is 18.5. The van der Waals surface area contributed by atoms with Crippen molar-refractivity contribution in [2.75, 3.05) is 34.2 Å². The summed E-state index contributed by atoms with van der Waals surface area (Å²) in [6.45, 7) is 2.78. The monoisotopic (exact) mass is 501 g/mol. The Labute approximate surface area is 182 Å². The van der Waals surface area contributed by atoms with Crippen LogP contribution in [0.1, 0.15) is 21.5 Å². The normalized spacial score (nSPS) is 11.0. The number of nitrogens with zero attached hydrogens (tertiary/aromatic N) is 2. The molecule has 6 nitrogen and oxygen atoms in total. The van der Waals surface area contributed by atoms with Crippen LogP contribution >= 0.6 is 35.3 Å². The third-order valence-electron chi connectivity index (χ3n) is 3.76. The number of hydrogen-bond donors (Lipinski definition) is 3. The molecule has 0 radical (unpaired) electrons. The number of nitrogens with one attached hydrogen (secondary N) is 3. The Morgan fingerprint density at radius 1 is 1.11 bits per heavy atom. The Kier molecular flexibility index (Phi) is 11.0. The quantitative estimate of drug-likeness (QED) is 0.296. The molecule has 1 aromatic carbocycles. The second kappa shape index (κ2) is 12.7. The van der Waals surface area contributed by atoms with E-state index in [1.807, 2.05) is 43.3 Å². The van der Waals surface area contributed by atoms with Crippen molar-refractivity contribution in [3.63, 3.8) is 0 Å². The Balaban J connectivity index is 0.00000364. The molecule has 0 aliphatic heterocycles. The second-order valence-corrected chi connectivity index (χ2v) is 6.95. The average molecular weight is 501 g/mol. The van der Waals surface area contributed by atoms with Gasteiger partial charge in [-0.15, -0.1) is 24.0 Å². The van der Waals surface area contributed by atoms with Crippen molar-refractivity contribution in [3.8, 4) is 0 Å². The van der Waals surface area contributed by atoms with Gasteiger partial charge in [0.05, 0.1) is 0 Å². The van der Waals surface area contributed by atoms with E-state index in [0.717, 1.165) is 24.6 Å². The first-order valence-corrected chi connectivity index (χ1v) is 9.50. The summed E-state index contributed by atoms with van der Waals surface area (Å²) < 4.78 is 0. The van der Waals surface area contributed by atoms with Gasteiger partial charge in [0.1, 0.15) is 0 Å². The number of carbonyl (C=O) groups is 1. The molecule has 0 atom stereocenters. The lowest BCUT2D eigenvalue weighted by molar-refractivity contribution is 0.0951. The van der Waals surface area contributed by atoms with E-state index in [2.05, 4.69) is 37.8 Å². The predicted octanol–water partition coefficient (Wildman–Crippen LogP) is 2.52. The summed E-state index contributed by atoms with van der Waals surface area (Å²) in [5.41, 5.74) is 2.93. The molecule has 1 heterocycles. The molecular weight excluding hydrogens is 473 g/mol. The lowest BCUT2D eigenvalue weighted by atomic mass is 10.1. The standard InChI is InChI=1S/C19H27N5OS.HI/c1-20-19(23-13-16-7-10-26-14-16)22-12-15-5-4-6-17(11-15)18(25)21-8-9-24(2)3;/h4-7,10-11,14H,8-9,12-13H2,1-3H3,(H,21,25)(H2,20,22,23);1H. The largest absolute Gasteiger partial charge is 0.352 e. The highest BCUT2D eigenvalue weighted by atomic mass is 127. The Hall–Kier alpha value is -1.65. The van der Waals surface area contributed by atoms with Gasteiger partial charge in [-0.2, -0.15) is 11.3 Å².